The van der Waals surface area contributed by atoms with Crippen LogP contribution < -0.4 is 0 Å². The molecule has 70 valence electrons. The molecule has 0 spiro atoms. The molecule has 0 unspecified atom stereocenters. The maximum Gasteiger partial charge on any atom is 0.192 e. The fourth-order valence-electron chi connectivity index (χ4n) is 1.10. The topological polar surface area (TPSA) is 34.1 Å². The lowest BCUT2D eigenvalue weighted by molar-refractivity contribution is -0.111. The van der Waals surface area contributed by atoms with Gasteiger partial charge in [-0.2, -0.15) is 0 Å². The summed E-state index contributed by atoms with van der Waals surface area (Å²) < 4.78 is 0. The minimum Gasteiger partial charge on any atom is -0.289 e. The second-order valence-corrected chi connectivity index (χ2v) is 2.81. The van der Waals surface area contributed by atoms with Gasteiger partial charge in [0, 0.05) is 6.42 Å². The van der Waals surface area contributed by atoms with E-state index >= 15 is 0 Å². The summed E-state index contributed by atoms with van der Waals surface area (Å²) in [5, 5.41) is 0. The van der Waals surface area contributed by atoms with Crippen molar-refractivity contribution in [1.29, 1.82) is 0 Å². The van der Waals surface area contributed by atoms with Gasteiger partial charge in [-0.3, -0.25) is 4.79 Å². The van der Waals surface area contributed by atoms with Gasteiger partial charge in [0.15, 0.2) is 5.78 Å². The minimum absolute atomic E-state index is 0.117. The maximum atomic E-state index is 11.1. The number of carbonyl (C=O) groups excluding carboxylic acids is 2. The Hall–Kier alpha value is -1.92. The van der Waals surface area contributed by atoms with Gasteiger partial charge >= 0.3 is 0 Å². The molecule has 0 N–H and O–H groups in total. The highest BCUT2D eigenvalue weighted by molar-refractivity contribution is 6.09. The third-order valence-electron chi connectivity index (χ3n) is 1.83. The lowest BCUT2D eigenvalue weighted by Gasteiger charge is -1.98. The van der Waals surface area contributed by atoms with Crippen LogP contribution in [0.3, 0.4) is 0 Å². The van der Waals surface area contributed by atoms with Gasteiger partial charge in [0.1, 0.15) is 5.94 Å². The largest absolute Gasteiger partial charge is 0.289 e. The SMILES string of the molecule is C=CC(=O)C(=C=O)Cc1ccccc1. The fraction of sp³-hybridized carbons (Fsp3) is 0.0833. The van der Waals surface area contributed by atoms with Gasteiger partial charge in [-0.15, -0.1) is 0 Å². The van der Waals surface area contributed by atoms with E-state index in [2.05, 4.69) is 6.58 Å². The van der Waals surface area contributed by atoms with Crippen LogP contribution in [0.25, 0.3) is 0 Å². The highest BCUT2D eigenvalue weighted by Crippen LogP contribution is 2.06. The van der Waals surface area contributed by atoms with Gasteiger partial charge in [-0.25, -0.2) is 4.79 Å². The Morgan fingerprint density at radius 3 is 2.50 bits per heavy atom. The molecule has 1 aromatic rings. The maximum absolute atomic E-state index is 11.1. The number of carbonyl (C=O) groups is 1. The first-order valence-corrected chi connectivity index (χ1v) is 4.22. The summed E-state index contributed by atoms with van der Waals surface area (Å²) in [6.45, 7) is 3.32. The Morgan fingerprint density at radius 2 is 2.00 bits per heavy atom. The van der Waals surface area contributed by atoms with E-state index in [1.807, 2.05) is 30.3 Å². The molecular weight excluding hydrogens is 176 g/mol. The number of rotatable bonds is 4. The van der Waals surface area contributed by atoms with Crippen LogP contribution in [-0.2, 0) is 16.0 Å². The van der Waals surface area contributed by atoms with Crippen molar-refractivity contribution in [3.63, 3.8) is 0 Å². The quantitative estimate of drug-likeness (QED) is 0.530. The number of benzene rings is 1. The molecule has 0 fully saturated rings. The normalized spacial score (nSPS) is 8.86. The summed E-state index contributed by atoms with van der Waals surface area (Å²) >= 11 is 0. The number of hydrogen-bond acceptors (Lipinski definition) is 2. The lowest BCUT2D eigenvalue weighted by Crippen LogP contribution is -2.02. The second-order valence-electron chi connectivity index (χ2n) is 2.81. The van der Waals surface area contributed by atoms with Crippen LogP contribution in [-0.4, -0.2) is 11.7 Å². The van der Waals surface area contributed by atoms with Gasteiger partial charge in [0.05, 0.1) is 5.57 Å². The third-order valence-corrected chi connectivity index (χ3v) is 1.83. The van der Waals surface area contributed by atoms with Crippen molar-refractivity contribution in [3.8, 4) is 0 Å². The van der Waals surface area contributed by atoms with Crippen molar-refractivity contribution in [3.05, 3.63) is 54.1 Å². The van der Waals surface area contributed by atoms with Crippen LogP contribution in [0.15, 0.2) is 48.6 Å². The Labute approximate surface area is 82.6 Å². The van der Waals surface area contributed by atoms with E-state index in [0.717, 1.165) is 11.6 Å². The Bertz CT molecular complexity index is 384. The monoisotopic (exact) mass is 186 g/mol. The lowest BCUT2D eigenvalue weighted by atomic mass is 10.0. The highest BCUT2D eigenvalue weighted by Gasteiger charge is 2.07. The molecule has 0 aliphatic rings. The molecule has 0 aliphatic heterocycles. The Balaban J connectivity index is 2.83. The molecule has 0 radical (unpaired) electrons. The first-order valence-electron chi connectivity index (χ1n) is 4.22. The first kappa shape index (κ1) is 10.2. The summed E-state index contributed by atoms with van der Waals surface area (Å²) in [4.78, 5) is 21.6. The van der Waals surface area contributed by atoms with Crippen LogP contribution in [0, 0.1) is 0 Å². The van der Waals surface area contributed by atoms with E-state index in [9.17, 15) is 9.59 Å². The Kier molecular flexibility index (Phi) is 3.59. The summed E-state index contributed by atoms with van der Waals surface area (Å²) in [5.74, 6) is 1.29. The average molecular weight is 186 g/mol. The van der Waals surface area contributed by atoms with E-state index in [-0.39, 0.29) is 11.4 Å². The van der Waals surface area contributed by atoms with Crippen LogP contribution in [0.2, 0.25) is 0 Å². The summed E-state index contributed by atoms with van der Waals surface area (Å²) in [5.41, 5.74) is 1.03. The van der Waals surface area contributed by atoms with Crippen molar-refractivity contribution < 1.29 is 9.59 Å². The standard InChI is InChI=1S/C12H10O2/c1-2-12(14)11(9-13)8-10-6-4-3-5-7-10/h2-7H,1,8H2. The van der Waals surface area contributed by atoms with E-state index < -0.39 is 0 Å². The van der Waals surface area contributed by atoms with Crippen molar-refractivity contribution in [1.82, 2.24) is 0 Å². The molecule has 0 atom stereocenters. The van der Waals surface area contributed by atoms with Crippen LogP contribution in [0.4, 0.5) is 0 Å². The predicted molar refractivity (Wildman–Crippen MR) is 54.6 cm³/mol. The molecular formula is C12H10O2. The average Bonchev–Trinajstić information content (AvgIpc) is 2.26. The van der Waals surface area contributed by atoms with Crippen molar-refractivity contribution >= 4 is 11.7 Å². The molecule has 0 saturated carbocycles. The molecule has 0 bridgehead atoms. The number of hydrogen-bond donors (Lipinski definition) is 0. The molecule has 0 aromatic heterocycles. The van der Waals surface area contributed by atoms with Crippen molar-refractivity contribution in [2.75, 3.05) is 0 Å². The number of ketones is 1. The molecule has 1 rings (SSSR count). The van der Waals surface area contributed by atoms with Gasteiger partial charge < -0.3 is 0 Å². The van der Waals surface area contributed by atoms with E-state index in [0.29, 0.717) is 6.42 Å². The smallest absolute Gasteiger partial charge is 0.192 e. The highest BCUT2D eigenvalue weighted by atomic mass is 16.1. The summed E-state index contributed by atoms with van der Waals surface area (Å²) in [6.07, 6.45) is 1.44. The van der Waals surface area contributed by atoms with Crippen LogP contribution in [0.1, 0.15) is 5.56 Å². The van der Waals surface area contributed by atoms with Gasteiger partial charge in [-0.1, -0.05) is 36.9 Å². The van der Waals surface area contributed by atoms with Crippen molar-refractivity contribution in [2.24, 2.45) is 0 Å². The molecule has 0 aliphatic carbocycles. The molecule has 2 nitrogen and oxygen atoms in total. The second kappa shape index (κ2) is 4.95. The molecule has 0 amide bonds. The third kappa shape index (κ3) is 2.54. The van der Waals surface area contributed by atoms with Gasteiger partial charge in [0.25, 0.3) is 0 Å². The molecule has 0 saturated heterocycles. The Morgan fingerprint density at radius 1 is 1.36 bits per heavy atom. The fourth-order valence-corrected chi connectivity index (χ4v) is 1.10. The van der Waals surface area contributed by atoms with Gasteiger partial charge in [0.2, 0.25) is 0 Å². The molecule has 0 heterocycles. The summed E-state index contributed by atoms with van der Waals surface area (Å²) in [7, 11) is 0. The van der Waals surface area contributed by atoms with E-state index in [4.69, 9.17) is 0 Å². The zero-order chi connectivity index (χ0) is 10.4. The zero-order valence-electron chi connectivity index (χ0n) is 7.69. The first-order chi connectivity index (χ1) is 6.77. The predicted octanol–water partition coefficient (Wildman–Crippen LogP) is 1.74. The van der Waals surface area contributed by atoms with E-state index in [1.165, 1.54) is 0 Å². The number of allylic oxidation sites excluding steroid dienone is 2. The molecule has 14 heavy (non-hydrogen) atoms. The van der Waals surface area contributed by atoms with Gasteiger partial charge in [-0.05, 0) is 11.6 Å². The van der Waals surface area contributed by atoms with E-state index in [1.54, 1.807) is 5.94 Å². The zero-order valence-corrected chi connectivity index (χ0v) is 7.69. The van der Waals surface area contributed by atoms with Crippen LogP contribution in [0.5, 0.6) is 0 Å². The van der Waals surface area contributed by atoms with Crippen LogP contribution >= 0.6 is 0 Å². The summed E-state index contributed by atoms with van der Waals surface area (Å²) in [6, 6.07) is 9.30. The molecule has 2 heteroatoms. The molecule has 1 aromatic carbocycles. The minimum atomic E-state index is -0.358. The van der Waals surface area contributed by atoms with Crippen molar-refractivity contribution in [2.45, 2.75) is 6.42 Å².